The summed E-state index contributed by atoms with van der Waals surface area (Å²) in [5.41, 5.74) is 0.503. The highest BCUT2D eigenvalue weighted by atomic mass is 32.2. The number of anilines is 2. The minimum absolute atomic E-state index is 0.0505. The fourth-order valence-electron chi connectivity index (χ4n) is 2.92. The van der Waals surface area contributed by atoms with Crippen LogP contribution in [0.5, 0.6) is 11.5 Å². The van der Waals surface area contributed by atoms with Crippen molar-refractivity contribution >= 4 is 45.9 Å². The molecule has 0 spiro atoms. The van der Waals surface area contributed by atoms with E-state index in [2.05, 4.69) is 26.1 Å². The number of benzene rings is 1. The molecule has 3 heterocycles. The van der Waals surface area contributed by atoms with Gasteiger partial charge in [0.05, 0.1) is 11.9 Å². The van der Waals surface area contributed by atoms with E-state index in [1.54, 1.807) is 18.2 Å². The summed E-state index contributed by atoms with van der Waals surface area (Å²) in [4.78, 5) is 24.1. The van der Waals surface area contributed by atoms with Crippen molar-refractivity contribution in [2.24, 2.45) is 0 Å². The average molecular weight is 452 g/mol. The van der Waals surface area contributed by atoms with E-state index in [4.69, 9.17) is 14.2 Å². The van der Waals surface area contributed by atoms with Gasteiger partial charge in [-0.2, -0.15) is 0 Å². The molecule has 3 amide bonds. The molecule has 0 bridgehead atoms. The van der Waals surface area contributed by atoms with Crippen LogP contribution >= 0.6 is 23.1 Å². The third kappa shape index (κ3) is 5.74. The minimum Gasteiger partial charge on any atom is -0.486 e. The summed E-state index contributed by atoms with van der Waals surface area (Å²) in [6.07, 6.45) is 2.34. The van der Waals surface area contributed by atoms with E-state index in [0.717, 1.165) is 19.4 Å². The number of fused-ring (bicyclic) bond motifs is 1. The summed E-state index contributed by atoms with van der Waals surface area (Å²) in [5.74, 6) is 0.802. The van der Waals surface area contributed by atoms with Gasteiger partial charge in [0.15, 0.2) is 15.8 Å². The molecule has 1 atom stereocenters. The quantitative estimate of drug-likeness (QED) is 0.544. The SMILES string of the molecule is O=C(CSc1nnc(NCC2CCCO2)s1)NC(=O)Nc1ccc2c(c1)OCCO2. The molecule has 30 heavy (non-hydrogen) atoms. The third-order valence-electron chi connectivity index (χ3n) is 4.29. The molecule has 0 aliphatic carbocycles. The molecule has 10 nitrogen and oxygen atoms in total. The maximum Gasteiger partial charge on any atom is 0.325 e. The lowest BCUT2D eigenvalue weighted by Crippen LogP contribution is -2.35. The van der Waals surface area contributed by atoms with Crippen molar-refractivity contribution in [1.82, 2.24) is 15.5 Å². The van der Waals surface area contributed by atoms with Crippen molar-refractivity contribution in [2.75, 3.05) is 42.8 Å². The number of rotatable bonds is 7. The number of hydrogen-bond acceptors (Lipinski definition) is 10. The first-order chi connectivity index (χ1) is 14.7. The van der Waals surface area contributed by atoms with Crippen LogP contribution in [0.15, 0.2) is 22.5 Å². The lowest BCUT2D eigenvalue weighted by molar-refractivity contribution is -0.117. The smallest absolute Gasteiger partial charge is 0.325 e. The van der Waals surface area contributed by atoms with Gasteiger partial charge in [-0.05, 0) is 25.0 Å². The Balaban J connectivity index is 1.18. The fraction of sp³-hybridized carbons (Fsp3) is 0.444. The van der Waals surface area contributed by atoms with Crippen LogP contribution < -0.4 is 25.4 Å². The standard InChI is InChI=1S/C18H21N5O5S2/c24-15(10-29-18-23-22-17(30-18)19-9-12-2-1-5-26-12)21-16(25)20-11-3-4-13-14(8-11)28-7-6-27-13/h3-4,8,12H,1-2,5-7,9-10H2,(H,19,22)(H2,20,21,24,25). The van der Waals surface area contributed by atoms with Crippen molar-refractivity contribution < 1.29 is 23.8 Å². The number of amides is 3. The number of carbonyl (C=O) groups is 2. The molecule has 2 aromatic rings. The van der Waals surface area contributed by atoms with Crippen LogP contribution in [0.2, 0.25) is 0 Å². The van der Waals surface area contributed by atoms with E-state index in [-0.39, 0.29) is 11.9 Å². The molecule has 4 rings (SSSR count). The van der Waals surface area contributed by atoms with Gasteiger partial charge in [-0.3, -0.25) is 10.1 Å². The number of hydrogen-bond donors (Lipinski definition) is 3. The highest BCUT2D eigenvalue weighted by Gasteiger charge is 2.17. The molecule has 1 unspecified atom stereocenters. The first kappa shape index (κ1) is 20.7. The van der Waals surface area contributed by atoms with Crippen molar-refractivity contribution in [1.29, 1.82) is 0 Å². The summed E-state index contributed by atoms with van der Waals surface area (Å²) in [6, 6.07) is 4.42. The summed E-state index contributed by atoms with van der Waals surface area (Å²) in [6.45, 7) is 2.45. The van der Waals surface area contributed by atoms with Crippen LogP contribution in [0, 0.1) is 0 Å². The monoisotopic (exact) mass is 451 g/mol. The zero-order valence-electron chi connectivity index (χ0n) is 16.0. The zero-order valence-corrected chi connectivity index (χ0v) is 17.6. The van der Waals surface area contributed by atoms with Crippen LogP contribution in [0.4, 0.5) is 15.6 Å². The van der Waals surface area contributed by atoms with E-state index < -0.39 is 11.9 Å². The van der Waals surface area contributed by atoms with Gasteiger partial charge in [-0.1, -0.05) is 23.1 Å². The molecule has 1 saturated heterocycles. The molecule has 160 valence electrons. The van der Waals surface area contributed by atoms with E-state index >= 15 is 0 Å². The first-order valence-electron chi connectivity index (χ1n) is 9.48. The Kier molecular flexibility index (Phi) is 6.87. The van der Waals surface area contributed by atoms with Crippen molar-refractivity contribution in [3.63, 3.8) is 0 Å². The lowest BCUT2D eigenvalue weighted by Gasteiger charge is -2.19. The molecule has 0 radical (unpaired) electrons. The van der Waals surface area contributed by atoms with Gasteiger partial charge in [0.2, 0.25) is 11.0 Å². The molecular weight excluding hydrogens is 430 g/mol. The largest absolute Gasteiger partial charge is 0.486 e. The third-order valence-corrected chi connectivity index (χ3v) is 6.31. The van der Waals surface area contributed by atoms with Gasteiger partial charge in [0, 0.05) is 24.9 Å². The Labute approximate surface area is 181 Å². The van der Waals surface area contributed by atoms with Crippen LogP contribution in [0.3, 0.4) is 0 Å². The number of urea groups is 1. The van der Waals surface area contributed by atoms with Crippen LogP contribution in [0.1, 0.15) is 12.8 Å². The highest BCUT2D eigenvalue weighted by molar-refractivity contribution is 8.01. The molecule has 1 aromatic carbocycles. The maximum absolute atomic E-state index is 12.0. The molecule has 0 saturated carbocycles. The van der Waals surface area contributed by atoms with Gasteiger partial charge >= 0.3 is 6.03 Å². The normalized spacial score (nSPS) is 17.4. The second kappa shape index (κ2) is 9.96. The Bertz CT molecular complexity index is 903. The molecule has 1 aromatic heterocycles. The second-order valence-corrected chi connectivity index (χ2v) is 8.74. The molecule has 3 N–H and O–H groups in total. The van der Waals surface area contributed by atoms with E-state index in [9.17, 15) is 9.59 Å². The van der Waals surface area contributed by atoms with Crippen LogP contribution in [-0.4, -0.2) is 60.4 Å². The second-order valence-electron chi connectivity index (χ2n) is 6.54. The predicted molar refractivity (Wildman–Crippen MR) is 113 cm³/mol. The van der Waals surface area contributed by atoms with Crippen molar-refractivity contribution in [2.45, 2.75) is 23.3 Å². The first-order valence-corrected chi connectivity index (χ1v) is 11.3. The predicted octanol–water partition coefficient (Wildman–Crippen LogP) is 2.34. The molecule has 1 fully saturated rings. The highest BCUT2D eigenvalue weighted by Crippen LogP contribution is 2.32. The van der Waals surface area contributed by atoms with E-state index in [1.165, 1.54) is 23.1 Å². The van der Waals surface area contributed by atoms with Crippen molar-refractivity contribution in [3.05, 3.63) is 18.2 Å². The van der Waals surface area contributed by atoms with Gasteiger partial charge in [-0.25, -0.2) is 4.79 Å². The summed E-state index contributed by atoms with van der Waals surface area (Å²) >= 11 is 2.58. The molecule has 2 aliphatic heterocycles. The number of ether oxygens (including phenoxy) is 3. The lowest BCUT2D eigenvalue weighted by atomic mass is 10.2. The van der Waals surface area contributed by atoms with E-state index in [1.807, 2.05) is 0 Å². The van der Waals surface area contributed by atoms with Crippen LogP contribution in [-0.2, 0) is 9.53 Å². The average Bonchev–Trinajstić information content (AvgIpc) is 3.42. The molecular formula is C18H21N5O5S2. The number of aromatic nitrogens is 2. The van der Waals surface area contributed by atoms with Crippen LogP contribution in [0.25, 0.3) is 0 Å². The van der Waals surface area contributed by atoms with Crippen molar-refractivity contribution in [3.8, 4) is 11.5 Å². The topological polar surface area (TPSA) is 124 Å². The Hall–Kier alpha value is -2.57. The number of thioether (sulfide) groups is 1. The maximum atomic E-state index is 12.0. The Morgan fingerprint density at radius 2 is 2.03 bits per heavy atom. The van der Waals surface area contributed by atoms with Gasteiger partial charge in [0.1, 0.15) is 13.2 Å². The number of imide groups is 1. The van der Waals surface area contributed by atoms with Gasteiger partial charge in [0.25, 0.3) is 0 Å². The summed E-state index contributed by atoms with van der Waals surface area (Å²) in [7, 11) is 0. The fourth-order valence-corrected chi connectivity index (χ4v) is 4.48. The summed E-state index contributed by atoms with van der Waals surface area (Å²) in [5, 5.41) is 16.9. The number of carbonyl (C=O) groups excluding carboxylic acids is 2. The molecule has 2 aliphatic rings. The van der Waals surface area contributed by atoms with E-state index in [0.29, 0.717) is 46.4 Å². The molecule has 12 heteroatoms. The Morgan fingerprint density at radius 3 is 2.87 bits per heavy atom. The van der Waals surface area contributed by atoms with Gasteiger partial charge in [-0.15, -0.1) is 10.2 Å². The number of nitrogens with zero attached hydrogens (tertiary/aromatic N) is 2. The summed E-state index contributed by atoms with van der Waals surface area (Å²) < 4.78 is 17.1. The minimum atomic E-state index is -0.617. The zero-order chi connectivity index (χ0) is 20.8. The Morgan fingerprint density at radius 1 is 1.17 bits per heavy atom. The van der Waals surface area contributed by atoms with Gasteiger partial charge < -0.3 is 24.8 Å². The number of nitrogens with one attached hydrogen (secondary N) is 3.